The zero-order chi connectivity index (χ0) is 8.15. The van der Waals surface area contributed by atoms with Gasteiger partial charge in [-0.2, -0.15) is 0 Å². The summed E-state index contributed by atoms with van der Waals surface area (Å²) in [5.41, 5.74) is 0. The molecule has 1 N–H and O–H groups in total. The van der Waals surface area contributed by atoms with E-state index < -0.39 is 20.8 Å². The third kappa shape index (κ3) is 6.88. The summed E-state index contributed by atoms with van der Waals surface area (Å²) in [6.45, 7) is 0. The van der Waals surface area contributed by atoms with Crippen LogP contribution < -0.4 is 4.89 Å². The van der Waals surface area contributed by atoms with E-state index in [1.807, 2.05) is 0 Å². The van der Waals surface area contributed by atoms with Gasteiger partial charge < -0.3 is 4.89 Å². The molecule has 0 amide bonds. The third-order valence-electron chi connectivity index (χ3n) is 0.342. The molecule has 6 nitrogen and oxygen atoms in total. The largest absolute Gasteiger partial charge is 0.698 e. The lowest BCUT2D eigenvalue weighted by Crippen LogP contribution is -2.02. The second-order valence-corrected chi connectivity index (χ2v) is 3.31. The van der Waals surface area contributed by atoms with E-state index in [9.17, 15) is 14.0 Å². The van der Waals surface area contributed by atoms with Gasteiger partial charge >= 0.3 is 20.8 Å². The molecule has 0 aromatic rings. The molecule has 58 valence electrons. The van der Waals surface area contributed by atoms with Gasteiger partial charge in [-0.25, -0.2) is 0 Å². The molecular formula is CH2IO6P2+. The van der Waals surface area contributed by atoms with Gasteiger partial charge in [0.1, 0.15) is 0 Å². The highest BCUT2D eigenvalue weighted by Gasteiger charge is 2.25. The van der Waals surface area contributed by atoms with Crippen molar-refractivity contribution in [2.45, 2.75) is 4.30 Å². The smallest absolute Gasteiger partial charge is 0.566 e. The van der Waals surface area contributed by atoms with Crippen LogP contribution in [0.25, 0.3) is 0 Å². The Labute approximate surface area is 71.6 Å². The van der Waals surface area contributed by atoms with Crippen molar-refractivity contribution in [2.24, 2.45) is 0 Å². The lowest BCUT2D eigenvalue weighted by molar-refractivity contribution is -0.190. The molecule has 0 aliphatic carbocycles. The van der Waals surface area contributed by atoms with Crippen molar-refractivity contribution in [1.29, 1.82) is 0 Å². The van der Waals surface area contributed by atoms with E-state index >= 15 is 0 Å². The van der Waals surface area contributed by atoms with E-state index in [0.29, 0.717) is 0 Å². The van der Waals surface area contributed by atoms with E-state index in [4.69, 9.17) is 4.89 Å². The fourth-order valence-corrected chi connectivity index (χ4v) is 1.73. The van der Waals surface area contributed by atoms with Crippen LogP contribution in [0.3, 0.4) is 0 Å². The molecule has 3 unspecified atom stereocenters. The standard InChI is InChI=1S/CHIO6P2/c2-1(7-9(3)4)8-10(5)6/h1H/p+1. The van der Waals surface area contributed by atoms with Gasteiger partial charge in [0.15, 0.2) is 0 Å². The Morgan fingerprint density at radius 3 is 2.30 bits per heavy atom. The van der Waals surface area contributed by atoms with E-state index in [1.165, 1.54) is 22.6 Å². The summed E-state index contributed by atoms with van der Waals surface area (Å²) in [6, 6.07) is 0. The van der Waals surface area contributed by atoms with Crippen molar-refractivity contribution in [3.63, 3.8) is 0 Å². The minimum Gasteiger partial charge on any atom is -0.566 e. The van der Waals surface area contributed by atoms with Gasteiger partial charge in [0.2, 0.25) is 0 Å². The first-order valence-corrected chi connectivity index (χ1v) is 5.27. The van der Waals surface area contributed by atoms with Crippen LogP contribution in [0, 0.1) is 0 Å². The zero-order valence-corrected chi connectivity index (χ0v) is 8.28. The number of alkyl halides is 1. The normalized spacial score (nSPS) is 16.3. The molecule has 0 aromatic heterocycles. The van der Waals surface area contributed by atoms with Crippen LogP contribution >= 0.6 is 39.1 Å². The fraction of sp³-hybridized carbons (Fsp3) is 1.00. The van der Waals surface area contributed by atoms with Gasteiger partial charge in [-0.15, -0.1) is 4.89 Å². The molecule has 0 heterocycles. The van der Waals surface area contributed by atoms with Crippen molar-refractivity contribution in [2.75, 3.05) is 0 Å². The maximum atomic E-state index is 9.84. The van der Waals surface area contributed by atoms with Crippen LogP contribution in [0.4, 0.5) is 0 Å². The fourth-order valence-electron chi connectivity index (χ4n) is 0.158. The summed E-state index contributed by atoms with van der Waals surface area (Å²) in [5, 5.41) is 0. The monoisotopic (exact) mass is 299 g/mol. The Balaban J connectivity index is 3.53. The van der Waals surface area contributed by atoms with Gasteiger partial charge in [-0.3, -0.25) is 0 Å². The number of rotatable bonds is 4. The Morgan fingerprint density at radius 2 is 2.00 bits per heavy atom. The topological polar surface area (TPSA) is 95.9 Å². The van der Waals surface area contributed by atoms with Crippen molar-refractivity contribution < 1.29 is 28.0 Å². The van der Waals surface area contributed by atoms with Gasteiger partial charge in [0.05, 0.1) is 0 Å². The van der Waals surface area contributed by atoms with Crippen LogP contribution in [0.2, 0.25) is 0 Å². The molecule has 0 spiro atoms. The second kappa shape index (κ2) is 5.42. The molecule has 0 saturated carbocycles. The average molecular weight is 299 g/mol. The molecule has 0 aliphatic rings. The number of hydrogen-bond acceptors (Lipinski definition) is 5. The summed E-state index contributed by atoms with van der Waals surface area (Å²) in [6.07, 6.45) is 0. The highest BCUT2D eigenvalue weighted by atomic mass is 127. The first kappa shape index (κ1) is 10.8. The van der Waals surface area contributed by atoms with Crippen LogP contribution in [0.1, 0.15) is 0 Å². The van der Waals surface area contributed by atoms with Gasteiger partial charge in [-0.05, 0) is 27.2 Å². The minimum absolute atomic E-state index is 1.24. The van der Waals surface area contributed by atoms with Gasteiger partial charge in [-0.1, -0.05) is 9.05 Å². The average Bonchev–Trinajstić information content (AvgIpc) is 1.58. The molecule has 3 atom stereocenters. The Bertz CT molecular complexity index is 131. The summed E-state index contributed by atoms with van der Waals surface area (Å²) in [5.74, 6) is 0. The Morgan fingerprint density at radius 1 is 1.50 bits per heavy atom. The predicted octanol–water partition coefficient (Wildman–Crippen LogP) is 0.406. The van der Waals surface area contributed by atoms with E-state index in [0.717, 1.165) is 0 Å². The highest BCUT2D eigenvalue weighted by Crippen LogP contribution is 2.27. The molecule has 0 saturated heterocycles. The summed E-state index contributed by atoms with van der Waals surface area (Å²) < 4.78 is 26.3. The predicted molar refractivity (Wildman–Crippen MR) is 37.4 cm³/mol. The lowest BCUT2D eigenvalue weighted by atomic mass is 11.5. The van der Waals surface area contributed by atoms with Crippen LogP contribution in [-0.4, -0.2) is 9.19 Å². The molecular weight excluding hydrogens is 297 g/mol. The SMILES string of the molecule is O=[P+]([O-])OC(I)O[P+](=O)O. The van der Waals surface area contributed by atoms with Crippen LogP contribution in [0.5, 0.6) is 0 Å². The third-order valence-corrected chi connectivity index (χ3v) is 2.39. The molecule has 0 aromatic carbocycles. The van der Waals surface area contributed by atoms with E-state index in [2.05, 4.69) is 9.05 Å². The Hall–Kier alpha value is 0.770. The molecule has 9 heteroatoms. The van der Waals surface area contributed by atoms with Gasteiger partial charge in [0.25, 0.3) is 0 Å². The maximum absolute atomic E-state index is 9.84. The summed E-state index contributed by atoms with van der Waals surface area (Å²) in [7, 11) is -5.86. The van der Waals surface area contributed by atoms with Crippen molar-refractivity contribution in [1.82, 2.24) is 0 Å². The van der Waals surface area contributed by atoms with Crippen molar-refractivity contribution in [3.8, 4) is 0 Å². The quantitative estimate of drug-likeness (QED) is 0.349. The van der Waals surface area contributed by atoms with Crippen molar-refractivity contribution >= 4 is 39.1 Å². The maximum Gasteiger partial charge on any atom is 0.698 e. The molecule has 0 rings (SSSR count). The van der Waals surface area contributed by atoms with Crippen LogP contribution in [-0.2, 0) is 18.2 Å². The van der Waals surface area contributed by atoms with E-state index in [1.54, 1.807) is 0 Å². The first-order valence-electron chi connectivity index (χ1n) is 1.80. The minimum atomic E-state index is -3.04. The highest BCUT2D eigenvalue weighted by molar-refractivity contribution is 14.1. The first-order chi connectivity index (χ1) is 4.52. The van der Waals surface area contributed by atoms with Crippen molar-refractivity contribution in [3.05, 3.63) is 0 Å². The second-order valence-electron chi connectivity index (χ2n) is 0.947. The van der Waals surface area contributed by atoms with E-state index in [-0.39, 0.29) is 0 Å². The van der Waals surface area contributed by atoms with Crippen LogP contribution in [0.15, 0.2) is 0 Å². The zero-order valence-electron chi connectivity index (χ0n) is 4.34. The molecule has 0 fully saturated rings. The number of halogens is 1. The summed E-state index contributed by atoms with van der Waals surface area (Å²) >= 11 is 1.40. The lowest BCUT2D eigenvalue weighted by Gasteiger charge is -1.91. The van der Waals surface area contributed by atoms with Gasteiger partial charge in [0, 0.05) is 4.57 Å². The molecule has 10 heavy (non-hydrogen) atoms. The molecule has 0 radical (unpaired) electrons. The Kier molecular flexibility index (Phi) is 5.84. The number of hydrogen-bond donors (Lipinski definition) is 1. The molecule has 0 aliphatic heterocycles. The summed E-state index contributed by atoms with van der Waals surface area (Å²) in [4.78, 5) is 17.8. The molecule has 0 bridgehead atoms.